The van der Waals surface area contributed by atoms with Gasteiger partial charge >= 0.3 is 6.36 Å². The second kappa shape index (κ2) is 7.84. The lowest BCUT2D eigenvalue weighted by Crippen LogP contribution is -2.64. The van der Waals surface area contributed by atoms with Gasteiger partial charge in [-0.2, -0.15) is 5.10 Å². The highest BCUT2D eigenvalue weighted by atomic mass is 19.4. The number of halogens is 3. The molecule has 3 fully saturated rings. The van der Waals surface area contributed by atoms with Crippen LogP contribution in [0.4, 0.5) is 19.0 Å². The van der Waals surface area contributed by atoms with Crippen molar-refractivity contribution < 1.29 is 17.9 Å². The van der Waals surface area contributed by atoms with E-state index in [0.29, 0.717) is 35.1 Å². The molecule has 1 aliphatic carbocycles. The number of pyridine rings is 1. The molecule has 2 saturated heterocycles. The first-order valence-electron chi connectivity index (χ1n) is 11.9. The van der Waals surface area contributed by atoms with Crippen LogP contribution in [0.15, 0.2) is 18.3 Å². The van der Waals surface area contributed by atoms with Crippen LogP contribution in [0.3, 0.4) is 0 Å². The summed E-state index contributed by atoms with van der Waals surface area (Å²) in [4.78, 5) is 9.06. The van der Waals surface area contributed by atoms with Gasteiger partial charge < -0.3 is 10.5 Å². The van der Waals surface area contributed by atoms with Crippen molar-refractivity contribution in [1.82, 2.24) is 24.6 Å². The normalized spacial score (nSPS) is 26.1. The fourth-order valence-corrected chi connectivity index (χ4v) is 5.54. The number of hydrogen-bond acceptors (Lipinski definition) is 6. The summed E-state index contributed by atoms with van der Waals surface area (Å²) in [6.07, 6.45) is -3.39. The number of nitrogens with two attached hydrogens (primary N) is 1. The second-order valence-electron chi connectivity index (χ2n) is 11.2. The quantitative estimate of drug-likeness (QED) is 0.697. The molecule has 2 unspecified atom stereocenters. The third kappa shape index (κ3) is 4.26. The zero-order chi connectivity index (χ0) is 24.6. The number of ether oxygens (including phenoxy) is 1. The third-order valence-corrected chi connectivity index (χ3v) is 7.55. The molecule has 5 rings (SSSR count). The predicted octanol–water partition coefficient (Wildman–Crippen LogP) is 4.13. The van der Waals surface area contributed by atoms with E-state index in [1.807, 2.05) is 10.7 Å². The van der Waals surface area contributed by atoms with Crippen molar-refractivity contribution in [1.29, 1.82) is 0 Å². The standard InChI is InChI=1S/C24H33F3N6O/c1-13(2)33-19(7-18(30-33)14-6-20(22(28)29-8-14)34-24(25,26)27)21-16-11-31(12-17(16)21)15-9-32(10-15)23(3,4)5/h6-8,13,15-17,21H,9-12H2,1-5H3,(H2,28,29). The molecular weight excluding hydrogens is 445 g/mol. The lowest BCUT2D eigenvalue weighted by Gasteiger charge is -2.51. The maximum absolute atomic E-state index is 12.7. The molecule has 186 valence electrons. The fraction of sp³-hybridized carbons (Fsp3) is 0.667. The number of anilines is 1. The van der Waals surface area contributed by atoms with E-state index in [9.17, 15) is 13.2 Å². The number of likely N-dealkylation sites (tertiary alicyclic amines) is 2. The van der Waals surface area contributed by atoms with E-state index in [1.54, 1.807) is 0 Å². The van der Waals surface area contributed by atoms with Crippen LogP contribution in [-0.4, -0.2) is 68.7 Å². The van der Waals surface area contributed by atoms with Gasteiger partial charge in [-0.3, -0.25) is 14.5 Å². The Morgan fingerprint density at radius 2 is 1.71 bits per heavy atom. The van der Waals surface area contributed by atoms with Gasteiger partial charge in [0.1, 0.15) is 0 Å². The SMILES string of the molecule is CC(C)n1nc(-c2cnc(N)c(OC(F)(F)F)c2)cc1C1C2CN(C3CN(C(C)(C)C)C3)CC21. The topological polar surface area (TPSA) is 72.4 Å². The first kappa shape index (κ1) is 23.4. The molecule has 3 aliphatic rings. The number of alkyl halides is 3. The Labute approximate surface area is 198 Å². The predicted molar refractivity (Wildman–Crippen MR) is 123 cm³/mol. The van der Waals surface area contributed by atoms with Crippen molar-refractivity contribution in [3.63, 3.8) is 0 Å². The van der Waals surface area contributed by atoms with Crippen molar-refractivity contribution in [2.45, 2.75) is 64.5 Å². The summed E-state index contributed by atoms with van der Waals surface area (Å²) in [6, 6.07) is 4.05. The highest BCUT2D eigenvalue weighted by molar-refractivity contribution is 5.64. The molecule has 0 aromatic carbocycles. The summed E-state index contributed by atoms with van der Waals surface area (Å²) >= 11 is 0. The molecular formula is C24H33F3N6O. The highest BCUT2D eigenvalue weighted by Gasteiger charge is 2.59. The second-order valence-corrected chi connectivity index (χ2v) is 11.2. The number of nitrogens with zero attached hydrogens (tertiary/aromatic N) is 5. The molecule has 2 atom stereocenters. The average molecular weight is 479 g/mol. The Kier molecular flexibility index (Phi) is 5.40. The Bertz CT molecular complexity index is 1060. The summed E-state index contributed by atoms with van der Waals surface area (Å²) in [5.74, 6) is 0.849. The maximum Gasteiger partial charge on any atom is 0.573 e. The zero-order valence-electron chi connectivity index (χ0n) is 20.3. The van der Waals surface area contributed by atoms with Gasteiger partial charge in [-0.1, -0.05) is 0 Å². The van der Waals surface area contributed by atoms with E-state index >= 15 is 0 Å². The molecule has 0 radical (unpaired) electrons. The van der Waals surface area contributed by atoms with Crippen molar-refractivity contribution in [3.8, 4) is 17.0 Å². The van der Waals surface area contributed by atoms with Gasteiger partial charge in [0.05, 0.1) is 5.69 Å². The molecule has 2 aromatic heterocycles. The molecule has 0 bridgehead atoms. The summed E-state index contributed by atoms with van der Waals surface area (Å²) in [6.45, 7) is 15.4. The molecule has 2 aromatic rings. The lowest BCUT2D eigenvalue weighted by atomic mass is 9.96. The van der Waals surface area contributed by atoms with E-state index in [2.05, 4.69) is 54.1 Å². The number of nitrogen functional groups attached to an aromatic ring is 1. The van der Waals surface area contributed by atoms with Crippen LogP contribution in [0.2, 0.25) is 0 Å². The summed E-state index contributed by atoms with van der Waals surface area (Å²) in [5, 5.41) is 4.73. The first-order chi connectivity index (χ1) is 15.8. The van der Waals surface area contributed by atoms with Gasteiger partial charge in [0, 0.05) is 67.2 Å². The Morgan fingerprint density at radius 3 is 2.26 bits per heavy atom. The van der Waals surface area contributed by atoms with Gasteiger partial charge in [0.2, 0.25) is 0 Å². The minimum atomic E-state index is -4.83. The monoisotopic (exact) mass is 478 g/mol. The first-order valence-corrected chi connectivity index (χ1v) is 11.9. The van der Waals surface area contributed by atoms with Crippen LogP contribution in [0.25, 0.3) is 11.3 Å². The van der Waals surface area contributed by atoms with Crippen LogP contribution in [0.5, 0.6) is 5.75 Å². The van der Waals surface area contributed by atoms with E-state index in [0.717, 1.165) is 31.9 Å². The zero-order valence-corrected chi connectivity index (χ0v) is 20.3. The molecule has 34 heavy (non-hydrogen) atoms. The largest absolute Gasteiger partial charge is 0.573 e. The number of piperidine rings is 1. The van der Waals surface area contributed by atoms with Gasteiger partial charge in [-0.15, -0.1) is 13.2 Å². The van der Waals surface area contributed by atoms with E-state index in [4.69, 9.17) is 10.8 Å². The van der Waals surface area contributed by atoms with Gasteiger partial charge in [0.25, 0.3) is 0 Å². The molecule has 0 spiro atoms. The van der Waals surface area contributed by atoms with Crippen molar-refractivity contribution in [2.24, 2.45) is 11.8 Å². The fourth-order valence-electron chi connectivity index (χ4n) is 5.54. The van der Waals surface area contributed by atoms with Crippen LogP contribution < -0.4 is 10.5 Å². The lowest BCUT2D eigenvalue weighted by molar-refractivity contribution is -0.274. The molecule has 7 nitrogen and oxygen atoms in total. The minimum Gasteiger partial charge on any atom is -0.402 e. The summed E-state index contributed by atoms with van der Waals surface area (Å²) < 4.78 is 44.3. The van der Waals surface area contributed by atoms with E-state index < -0.39 is 12.1 Å². The number of aromatic nitrogens is 3. The molecule has 10 heteroatoms. The highest BCUT2D eigenvalue weighted by Crippen LogP contribution is 2.59. The summed E-state index contributed by atoms with van der Waals surface area (Å²) in [7, 11) is 0. The number of fused-ring (bicyclic) bond motifs is 1. The van der Waals surface area contributed by atoms with Gasteiger partial charge in [-0.25, -0.2) is 4.98 Å². The van der Waals surface area contributed by atoms with Crippen LogP contribution in [0, 0.1) is 11.8 Å². The molecule has 1 saturated carbocycles. The summed E-state index contributed by atoms with van der Waals surface area (Å²) in [5.41, 5.74) is 8.02. The van der Waals surface area contributed by atoms with E-state index in [1.165, 1.54) is 12.3 Å². The van der Waals surface area contributed by atoms with Crippen molar-refractivity contribution in [3.05, 3.63) is 24.0 Å². The van der Waals surface area contributed by atoms with Crippen LogP contribution in [-0.2, 0) is 0 Å². The molecule has 0 amide bonds. The maximum atomic E-state index is 12.7. The van der Waals surface area contributed by atoms with Gasteiger partial charge in [0.15, 0.2) is 11.6 Å². The molecule has 2 N–H and O–H groups in total. The van der Waals surface area contributed by atoms with Gasteiger partial charge in [-0.05, 0) is 58.6 Å². The Balaban J connectivity index is 1.31. The Hall–Kier alpha value is -2.33. The average Bonchev–Trinajstić information content (AvgIpc) is 3.02. The Morgan fingerprint density at radius 1 is 1.06 bits per heavy atom. The smallest absolute Gasteiger partial charge is 0.402 e. The number of rotatable bonds is 5. The molecule has 2 aliphatic heterocycles. The molecule has 4 heterocycles. The van der Waals surface area contributed by atoms with E-state index in [-0.39, 0.29) is 17.4 Å². The third-order valence-electron chi connectivity index (χ3n) is 7.55. The number of hydrogen-bond donors (Lipinski definition) is 1. The van der Waals surface area contributed by atoms with Crippen molar-refractivity contribution >= 4 is 5.82 Å². The van der Waals surface area contributed by atoms with Crippen LogP contribution in [0.1, 0.15) is 52.3 Å². The van der Waals surface area contributed by atoms with Crippen LogP contribution >= 0.6 is 0 Å². The van der Waals surface area contributed by atoms with Crippen molar-refractivity contribution in [2.75, 3.05) is 31.9 Å². The minimum absolute atomic E-state index is 0.140.